The van der Waals surface area contributed by atoms with Crippen molar-refractivity contribution in [3.8, 4) is 0 Å². The summed E-state index contributed by atoms with van der Waals surface area (Å²) in [4.78, 5) is 2.12. The van der Waals surface area contributed by atoms with Gasteiger partial charge in [0.05, 0.1) is 11.7 Å². The summed E-state index contributed by atoms with van der Waals surface area (Å²) in [6.45, 7) is 6.70. The molecule has 4 aliphatic carbocycles. The lowest BCUT2D eigenvalue weighted by atomic mass is 9.49. The molecule has 7 aliphatic rings. The van der Waals surface area contributed by atoms with Gasteiger partial charge in [0.25, 0.3) is 0 Å². The standard InChI is InChI=1S/C27H43NO8/c1-14-4-7-18-22(3,31)26(34)17(12-28(18)11-14)24(33)13-25-16(23(24,32)10-20(26)30)6-5-15-21(25,2)9-8-19(29)27(15,35)36-25/h14-20,29-35H,4-13H2,1-3H3/t14-,15-,16-,17-,18+,19-,20+,21+,22+,23-,24-,25+,26-,27-/m1/s1. The zero-order chi connectivity index (χ0) is 25.9. The Balaban J connectivity index is 1.39. The lowest BCUT2D eigenvalue weighted by Crippen LogP contribution is -2.85. The topological polar surface area (TPSA) is 154 Å². The first-order valence-corrected chi connectivity index (χ1v) is 14.0. The quantitative estimate of drug-likeness (QED) is 0.228. The molecule has 0 aromatic heterocycles. The normalized spacial score (nSPS) is 68.0. The number of rotatable bonds is 0. The molecule has 204 valence electrons. The fourth-order valence-electron chi connectivity index (χ4n) is 11.3. The number of aliphatic hydroxyl groups is 7. The van der Waals surface area contributed by atoms with E-state index in [1.54, 1.807) is 6.92 Å². The Morgan fingerprint density at radius 1 is 0.778 bits per heavy atom. The molecule has 9 nitrogen and oxygen atoms in total. The van der Waals surface area contributed by atoms with E-state index >= 15 is 0 Å². The first-order valence-electron chi connectivity index (χ1n) is 14.0. The third kappa shape index (κ3) is 2.27. The molecule has 0 unspecified atom stereocenters. The zero-order valence-corrected chi connectivity index (χ0v) is 21.6. The maximum Gasteiger partial charge on any atom is 0.196 e. The van der Waals surface area contributed by atoms with Crippen LogP contribution in [-0.2, 0) is 4.74 Å². The van der Waals surface area contributed by atoms with Crippen LogP contribution < -0.4 is 0 Å². The van der Waals surface area contributed by atoms with Crippen LogP contribution in [0.4, 0.5) is 0 Å². The highest BCUT2D eigenvalue weighted by atomic mass is 16.7. The predicted octanol–water partition coefficient (Wildman–Crippen LogP) is -0.526. The lowest BCUT2D eigenvalue weighted by Gasteiger charge is -2.68. The minimum Gasteiger partial charge on any atom is -0.390 e. The second-order valence-electron chi connectivity index (χ2n) is 14.3. The number of fused-ring (bicyclic) bond motifs is 5. The molecule has 0 amide bonds. The summed E-state index contributed by atoms with van der Waals surface area (Å²) in [5.41, 5.74) is -9.07. The number of hydrogen-bond donors (Lipinski definition) is 7. The zero-order valence-electron chi connectivity index (χ0n) is 21.6. The third-order valence-electron chi connectivity index (χ3n) is 13.1. The third-order valence-corrected chi connectivity index (χ3v) is 13.1. The van der Waals surface area contributed by atoms with Crippen LogP contribution >= 0.6 is 0 Å². The summed E-state index contributed by atoms with van der Waals surface area (Å²) in [7, 11) is 0. The predicted molar refractivity (Wildman–Crippen MR) is 126 cm³/mol. The van der Waals surface area contributed by atoms with E-state index in [0.29, 0.717) is 44.6 Å². The van der Waals surface area contributed by atoms with Crippen LogP contribution in [0.1, 0.15) is 72.1 Å². The van der Waals surface area contributed by atoms with Gasteiger partial charge in [-0.2, -0.15) is 0 Å². The van der Waals surface area contributed by atoms with Gasteiger partial charge in [-0.1, -0.05) is 13.8 Å². The Labute approximate surface area is 212 Å². The summed E-state index contributed by atoms with van der Waals surface area (Å²) in [6.07, 6.45) is 0.752. The van der Waals surface area contributed by atoms with E-state index in [2.05, 4.69) is 11.8 Å². The van der Waals surface area contributed by atoms with Crippen molar-refractivity contribution in [1.82, 2.24) is 4.90 Å². The first-order chi connectivity index (χ1) is 16.6. The second kappa shape index (κ2) is 6.67. The van der Waals surface area contributed by atoms with Crippen molar-refractivity contribution in [1.29, 1.82) is 0 Å². The fraction of sp³-hybridized carbons (Fsp3) is 1.00. The van der Waals surface area contributed by atoms with Crippen molar-refractivity contribution in [3.63, 3.8) is 0 Å². The fourth-order valence-corrected chi connectivity index (χ4v) is 11.3. The van der Waals surface area contributed by atoms with Crippen LogP contribution in [0.15, 0.2) is 0 Å². The van der Waals surface area contributed by atoms with Crippen LogP contribution in [-0.4, -0.2) is 106 Å². The monoisotopic (exact) mass is 509 g/mol. The van der Waals surface area contributed by atoms with Gasteiger partial charge in [-0.3, -0.25) is 4.90 Å². The van der Waals surface area contributed by atoms with E-state index in [9.17, 15) is 35.7 Å². The van der Waals surface area contributed by atoms with Gasteiger partial charge in [0, 0.05) is 55.1 Å². The average Bonchev–Trinajstić information content (AvgIpc) is 2.97. The van der Waals surface area contributed by atoms with Gasteiger partial charge in [0.2, 0.25) is 0 Å². The Kier molecular flexibility index (Phi) is 4.57. The number of ether oxygens (including phenoxy) is 1. The Morgan fingerprint density at radius 3 is 2.19 bits per heavy atom. The van der Waals surface area contributed by atoms with E-state index in [4.69, 9.17) is 4.74 Å². The van der Waals surface area contributed by atoms with Crippen LogP contribution in [0, 0.1) is 29.1 Å². The largest absolute Gasteiger partial charge is 0.390 e. The van der Waals surface area contributed by atoms with Gasteiger partial charge < -0.3 is 40.5 Å². The molecule has 4 bridgehead atoms. The molecule has 3 heterocycles. The highest BCUT2D eigenvalue weighted by Gasteiger charge is 2.88. The number of hydrogen-bond acceptors (Lipinski definition) is 9. The molecule has 7 rings (SSSR count). The highest BCUT2D eigenvalue weighted by molar-refractivity contribution is 5.37. The van der Waals surface area contributed by atoms with Crippen LogP contribution in [0.5, 0.6) is 0 Å². The van der Waals surface area contributed by atoms with Crippen molar-refractivity contribution >= 4 is 0 Å². The highest BCUT2D eigenvalue weighted by Crippen LogP contribution is 2.78. The average molecular weight is 510 g/mol. The van der Waals surface area contributed by atoms with E-state index in [1.807, 2.05) is 6.92 Å². The molecule has 9 heteroatoms. The molecule has 3 aliphatic heterocycles. The maximum absolute atomic E-state index is 12.7. The maximum atomic E-state index is 12.7. The van der Waals surface area contributed by atoms with Gasteiger partial charge in [0.1, 0.15) is 28.5 Å². The summed E-state index contributed by atoms with van der Waals surface area (Å²) in [5, 5.41) is 83.2. The Hall–Kier alpha value is -0.360. The lowest BCUT2D eigenvalue weighted by molar-refractivity contribution is -0.354. The van der Waals surface area contributed by atoms with Gasteiger partial charge in [-0.25, -0.2) is 0 Å². The van der Waals surface area contributed by atoms with Gasteiger partial charge >= 0.3 is 0 Å². The van der Waals surface area contributed by atoms with Crippen molar-refractivity contribution in [2.75, 3.05) is 13.1 Å². The van der Waals surface area contributed by atoms with Crippen molar-refractivity contribution in [2.24, 2.45) is 29.1 Å². The van der Waals surface area contributed by atoms with Gasteiger partial charge in [-0.05, 0) is 51.4 Å². The molecular formula is C27H43NO8. The SMILES string of the molecule is C[C@@H]1CC[C@@H]2N(C1)C[C@H]1[C@@](O)([C@@H](O)C[C@@]3(O)[C@H]4CC[C@H]5[C@@]6(O)O[C@]4(C[C@@]13O)[C@@]5(C)CC[C@H]6O)[C@@]2(C)O. The van der Waals surface area contributed by atoms with E-state index in [1.165, 1.54) is 0 Å². The van der Waals surface area contributed by atoms with Crippen LogP contribution in [0.3, 0.4) is 0 Å². The number of aliphatic hydroxyl groups excluding tert-OH is 2. The Morgan fingerprint density at radius 2 is 1.47 bits per heavy atom. The molecule has 14 atom stereocenters. The molecule has 0 radical (unpaired) electrons. The molecule has 0 aromatic rings. The van der Waals surface area contributed by atoms with Crippen molar-refractivity contribution in [2.45, 2.75) is 124 Å². The molecule has 0 aromatic carbocycles. The molecular weight excluding hydrogens is 466 g/mol. The molecule has 3 saturated heterocycles. The first kappa shape index (κ1) is 24.7. The van der Waals surface area contributed by atoms with Crippen LogP contribution in [0.2, 0.25) is 0 Å². The summed E-state index contributed by atoms with van der Waals surface area (Å²) < 4.78 is 6.52. The van der Waals surface area contributed by atoms with Gasteiger partial charge in [0.15, 0.2) is 5.79 Å². The van der Waals surface area contributed by atoms with E-state index in [-0.39, 0.29) is 31.3 Å². The number of nitrogens with zero attached hydrogens (tertiary/aromatic N) is 1. The van der Waals surface area contributed by atoms with E-state index < -0.39 is 63.3 Å². The van der Waals surface area contributed by atoms with Crippen molar-refractivity contribution < 1.29 is 40.5 Å². The molecule has 1 spiro atoms. The summed E-state index contributed by atoms with van der Waals surface area (Å²) in [6, 6.07) is -0.360. The molecule has 4 saturated carbocycles. The minimum atomic E-state index is -2.02. The van der Waals surface area contributed by atoms with E-state index in [0.717, 1.165) is 6.42 Å². The van der Waals surface area contributed by atoms with Crippen molar-refractivity contribution in [3.05, 3.63) is 0 Å². The second-order valence-corrected chi connectivity index (χ2v) is 14.3. The smallest absolute Gasteiger partial charge is 0.196 e. The minimum absolute atomic E-state index is 0.0208. The Bertz CT molecular complexity index is 995. The number of piperidine rings is 2. The van der Waals surface area contributed by atoms with Crippen LogP contribution in [0.25, 0.3) is 0 Å². The summed E-state index contributed by atoms with van der Waals surface area (Å²) >= 11 is 0. The summed E-state index contributed by atoms with van der Waals surface area (Å²) in [5.74, 6) is -3.30. The van der Waals surface area contributed by atoms with Gasteiger partial charge in [-0.15, -0.1) is 0 Å². The molecule has 36 heavy (non-hydrogen) atoms. The molecule has 7 fully saturated rings. The molecule has 7 N–H and O–H groups in total.